The first kappa shape index (κ1) is 13.4. The lowest BCUT2D eigenvalue weighted by atomic mass is 10.3. The maximum Gasteiger partial charge on any atom is 0.333 e. The SMILES string of the molecule is CCCn1nc(C)c([N+](=O)[O-])c1NCCCO. The molecule has 0 atom stereocenters. The molecule has 1 heterocycles. The van der Waals surface area contributed by atoms with Crippen molar-refractivity contribution in [3.8, 4) is 0 Å². The van der Waals surface area contributed by atoms with Crippen molar-refractivity contribution in [2.45, 2.75) is 33.2 Å². The van der Waals surface area contributed by atoms with Crippen LogP contribution in [-0.2, 0) is 6.54 Å². The Morgan fingerprint density at radius 1 is 1.59 bits per heavy atom. The van der Waals surface area contributed by atoms with Crippen LogP contribution in [0.4, 0.5) is 11.5 Å². The molecule has 0 aliphatic rings. The second-order valence-corrected chi connectivity index (χ2v) is 3.77. The van der Waals surface area contributed by atoms with Crippen LogP contribution >= 0.6 is 0 Å². The summed E-state index contributed by atoms with van der Waals surface area (Å²) in [6, 6.07) is 0. The van der Waals surface area contributed by atoms with Gasteiger partial charge in [-0.3, -0.25) is 10.1 Å². The number of nitro groups is 1. The smallest absolute Gasteiger partial charge is 0.333 e. The van der Waals surface area contributed by atoms with Crippen LogP contribution in [-0.4, -0.2) is 33.0 Å². The highest BCUT2D eigenvalue weighted by molar-refractivity contribution is 5.59. The monoisotopic (exact) mass is 242 g/mol. The summed E-state index contributed by atoms with van der Waals surface area (Å²) in [5.41, 5.74) is 0.436. The largest absolute Gasteiger partial charge is 0.396 e. The number of rotatable bonds is 7. The molecule has 0 saturated carbocycles. The predicted molar refractivity (Wildman–Crippen MR) is 64.1 cm³/mol. The van der Waals surface area contributed by atoms with E-state index in [-0.39, 0.29) is 12.3 Å². The summed E-state index contributed by atoms with van der Waals surface area (Å²) < 4.78 is 1.62. The van der Waals surface area contributed by atoms with Crippen LogP contribution in [0.2, 0.25) is 0 Å². The summed E-state index contributed by atoms with van der Waals surface area (Å²) in [5.74, 6) is 0.433. The summed E-state index contributed by atoms with van der Waals surface area (Å²) in [5, 5.41) is 26.8. The zero-order chi connectivity index (χ0) is 12.8. The van der Waals surface area contributed by atoms with Crippen LogP contribution in [0.1, 0.15) is 25.5 Å². The minimum atomic E-state index is -0.421. The molecule has 0 spiro atoms. The molecular formula is C10H18N4O3. The Hall–Kier alpha value is -1.63. The van der Waals surface area contributed by atoms with Crippen molar-refractivity contribution in [3.05, 3.63) is 15.8 Å². The molecule has 1 aromatic heterocycles. The highest BCUT2D eigenvalue weighted by Crippen LogP contribution is 2.28. The molecule has 1 aromatic rings. The van der Waals surface area contributed by atoms with Gasteiger partial charge >= 0.3 is 5.69 Å². The lowest BCUT2D eigenvalue weighted by molar-refractivity contribution is -0.384. The van der Waals surface area contributed by atoms with E-state index in [1.165, 1.54) is 0 Å². The van der Waals surface area contributed by atoms with Crippen molar-refractivity contribution in [2.75, 3.05) is 18.5 Å². The van der Waals surface area contributed by atoms with Gasteiger partial charge in [0.2, 0.25) is 5.82 Å². The molecule has 1 rings (SSSR count). The van der Waals surface area contributed by atoms with Crippen LogP contribution in [0.3, 0.4) is 0 Å². The van der Waals surface area contributed by atoms with Crippen LogP contribution in [0.5, 0.6) is 0 Å². The molecule has 7 heteroatoms. The van der Waals surface area contributed by atoms with Crippen molar-refractivity contribution in [1.82, 2.24) is 9.78 Å². The third kappa shape index (κ3) is 3.16. The summed E-state index contributed by atoms with van der Waals surface area (Å²) >= 11 is 0. The molecule has 0 radical (unpaired) electrons. The Kier molecular flexibility index (Phi) is 4.89. The van der Waals surface area contributed by atoms with Gasteiger partial charge in [-0.25, -0.2) is 4.68 Å². The first-order valence-corrected chi connectivity index (χ1v) is 5.68. The number of aryl methyl sites for hydroxylation is 2. The third-order valence-electron chi connectivity index (χ3n) is 2.34. The lowest BCUT2D eigenvalue weighted by Crippen LogP contribution is -2.11. The molecule has 7 nitrogen and oxygen atoms in total. The van der Waals surface area contributed by atoms with E-state index in [1.807, 2.05) is 6.92 Å². The van der Waals surface area contributed by atoms with E-state index in [0.717, 1.165) is 6.42 Å². The number of aliphatic hydroxyl groups is 1. The van der Waals surface area contributed by atoms with E-state index in [1.54, 1.807) is 11.6 Å². The van der Waals surface area contributed by atoms with E-state index >= 15 is 0 Å². The molecule has 0 aliphatic heterocycles. The normalized spacial score (nSPS) is 10.5. The van der Waals surface area contributed by atoms with Crippen molar-refractivity contribution in [1.29, 1.82) is 0 Å². The van der Waals surface area contributed by atoms with Gasteiger partial charge in [-0.15, -0.1) is 0 Å². The van der Waals surface area contributed by atoms with Gasteiger partial charge in [0.15, 0.2) is 0 Å². The first-order valence-electron chi connectivity index (χ1n) is 5.68. The standard InChI is InChI=1S/C10H18N4O3/c1-3-6-13-10(11-5-4-7-15)9(14(16)17)8(2)12-13/h11,15H,3-7H2,1-2H3. The van der Waals surface area contributed by atoms with Gasteiger partial charge in [-0.05, 0) is 19.8 Å². The van der Waals surface area contributed by atoms with Crippen LogP contribution in [0.25, 0.3) is 0 Å². The Balaban J connectivity index is 2.98. The summed E-state index contributed by atoms with van der Waals surface area (Å²) in [6.07, 6.45) is 1.40. The van der Waals surface area contributed by atoms with Gasteiger partial charge in [0.05, 0.1) is 4.92 Å². The highest BCUT2D eigenvalue weighted by atomic mass is 16.6. The molecule has 0 bridgehead atoms. The zero-order valence-corrected chi connectivity index (χ0v) is 10.1. The Morgan fingerprint density at radius 2 is 2.29 bits per heavy atom. The van der Waals surface area contributed by atoms with Gasteiger partial charge < -0.3 is 10.4 Å². The van der Waals surface area contributed by atoms with E-state index in [9.17, 15) is 10.1 Å². The zero-order valence-electron chi connectivity index (χ0n) is 10.1. The van der Waals surface area contributed by atoms with Crippen molar-refractivity contribution >= 4 is 11.5 Å². The van der Waals surface area contributed by atoms with Crippen LogP contribution < -0.4 is 5.32 Å². The Labute approximate surface area is 99.6 Å². The number of hydrogen-bond donors (Lipinski definition) is 2. The van der Waals surface area contributed by atoms with E-state index < -0.39 is 4.92 Å². The lowest BCUT2D eigenvalue weighted by Gasteiger charge is -2.07. The maximum atomic E-state index is 11.0. The quantitative estimate of drug-likeness (QED) is 0.427. The number of anilines is 1. The van der Waals surface area contributed by atoms with E-state index in [4.69, 9.17) is 5.11 Å². The van der Waals surface area contributed by atoms with Crippen LogP contribution in [0, 0.1) is 17.0 Å². The summed E-state index contributed by atoms with van der Waals surface area (Å²) in [6.45, 7) is 4.80. The third-order valence-corrected chi connectivity index (χ3v) is 2.34. The molecule has 0 unspecified atom stereocenters. The van der Waals surface area contributed by atoms with Gasteiger partial charge in [0.1, 0.15) is 5.69 Å². The average Bonchev–Trinajstić information content (AvgIpc) is 2.56. The fourth-order valence-corrected chi connectivity index (χ4v) is 1.63. The molecule has 0 aliphatic carbocycles. The molecular weight excluding hydrogens is 224 g/mol. The number of aromatic nitrogens is 2. The summed E-state index contributed by atoms with van der Waals surface area (Å²) in [4.78, 5) is 10.5. The van der Waals surface area contributed by atoms with Crippen molar-refractivity contribution in [3.63, 3.8) is 0 Å². The Bertz CT molecular complexity index is 389. The fraction of sp³-hybridized carbons (Fsp3) is 0.700. The Morgan fingerprint density at radius 3 is 2.82 bits per heavy atom. The van der Waals surface area contributed by atoms with E-state index in [0.29, 0.717) is 31.0 Å². The van der Waals surface area contributed by atoms with Crippen molar-refractivity contribution < 1.29 is 10.0 Å². The van der Waals surface area contributed by atoms with Gasteiger partial charge in [-0.1, -0.05) is 6.92 Å². The fourth-order valence-electron chi connectivity index (χ4n) is 1.63. The highest BCUT2D eigenvalue weighted by Gasteiger charge is 2.24. The average molecular weight is 242 g/mol. The van der Waals surface area contributed by atoms with Gasteiger partial charge in [0.25, 0.3) is 0 Å². The molecule has 0 fully saturated rings. The van der Waals surface area contributed by atoms with E-state index in [2.05, 4.69) is 10.4 Å². The predicted octanol–water partition coefficient (Wildman–Crippen LogP) is 1.30. The maximum absolute atomic E-state index is 11.0. The van der Waals surface area contributed by atoms with Crippen molar-refractivity contribution in [2.24, 2.45) is 0 Å². The second kappa shape index (κ2) is 6.19. The number of nitrogens with one attached hydrogen (secondary N) is 1. The van der Waals surface area contributed by atoms with Crippen LogP contribution in [0.15, 0.2) is 0 Å². The molecule has 17 heavy (non-hydrogen) atoms. The molecule has 2 N–H and O–H groups in total. The number of aliphatic hydroxyl groups excluding tert-OH is 1. The van der Waals surface area contributed by atoms with Gasteiger partial charge in [0, 0.05) is 19.7 Å². The molecule has 0 aromatic carbocycles. The van der Waals surface area contributed by atoms with Gasteiger partial charge in [-0.2, -0.15) is 5.10 Å². The minimum Gasteiger partial charge on any atom is -0.396 e. The first-order chi connectivity index (χ1) is 8.11. The molecule has 0 amide bonds. The number of hydrogen-bond acceptors (Lipinski definition) is 5. The summed E-state index contributed by atoms with van der Waals surface area (Å²) in [7, 11) is 0. The molecule has 96 valence electrons. The second-order valence-electron chi connectivity index (χ2n) is 3.77. The minimum absolute atomic E-state index is 0.0244. The number of nitrogens with zero attached hydrogens (tertiary/aromatic N) is 3. The topological polar surface area (TPSA) is 93.2 Å². The molecule has 0 saturated heterocycles.